The molecule has 2 atom stereocenters. The number of carbonyl (C=O) groups excluding carboxylic acids is 1. The molecule has 0 aliphatic rings. The molecule has 0 saturated carbocycles. The first-order valence-electron chi connectivity index (χ1n) is 5.34. The Kier molecular flexibility index (Phi) is 4.49. The van der Waals surface area contributed by atoms with E-state index < -0.39 is 0 Å². The molecule has 0 radical (unpaired) electrons. The normalized spacial score (nSPS) is 14.5. The molecule has 2 unspecified atom stereocenters. The van der Waals surface area contributed by atoms with E-state index in [-0.39, 0.29) is 18.1 Å². The standard InChI is InChI=1S/C11H18N2O3/c1-5-9(11(14)15-4)13-8(3)10-12-6-7(2)16-10/h6,8-9,13H,5H2,1-4H3. The summed E-state index contributed by atoms with van der Waals surface area (Å²) in [7, 11) is 1.38. The Labute approximate surface area is 95.2 Å². The molecule has 0 amide bonds. The third-order valence-corrected chi connectivity index (χ3v) is 2.35. The van der Waals surface area contributed by atoms with Crippen molar-refractivity contribution < 1.29 is 13.9 Å². The van der Waals surface area contributed by atoms with Crippen molar-refractivity contribution in [2.45, 2.75) is 39.3 Å². The first-order valence-corrected chi connectivity index (χ1v) is 5.34. The van der Waals surface area contributed by atoms with Gasteiger partial charge in [0.1, 0.15) is 11.8 Å². The maximum atomic E-state index is 11.4. The molecule has 0 fully saturated rings. The summed E-state index contributed by atoms with van der Waals surface area (Å²) in [5.74, 6) is 1.08. The fraction of sp³-hybridized carbons (Fsp3) is 0.636. The van der Waals surface area contributed by atoms with Gasteiger partial charge in [0, 0.05) is 0 Å². The van der Waals surface area contributed by atoms with Gasteiger partial charge < -0.3 is 9.15 Å². The number of esters is 1. The number of carbonyl (C=O) groups is 1. The van der Waals surface area contributed by atoms with Crippen LogP contribution in [0.5, 0.6) is 0 Å². The quantitative estimate of drug-likeness (QED) is 0.772. The zero-order valence-corrected chi connectivity index (χ0v) is 10.1. The maximum Gasteiger partial charge on any atom is 0.322 e. The van der Waals surface area contributed by atoms with E-state index in [1.165, 1.54) is 7.11 Å². The number of rotatable bonds is 5. The highest BCUT2D eigenvalue weighted by molar-refractivity contribution is 5.75. The fourth-order valence-corrected chi connectivity index (χ4v) is 1.44. The maximum absolute atomic E-state index is 11.4. The van der Waals surface area contributed by atoms with Crippen molar-refractivity contribution in [2.75, 3.05) is 7.11 Å². The number of hydrogen-bond acceptors (Lipinski definition) is 5. The van der Waals surface area contributed by atoms with Crippen LogP contribution in [0.1, 0.15) is 38.0 Å². The van der Waals surface area contributed by atoms with Crippen LogP contribution in [-0.4, -0.2) is 24.1 Å². The first kappa shape index (κ1) is 12.7. The molecule has 0 spiro atoms. The molecule has 5 heteroatoms. The predicted octanol–water partition coefficient (Wildman–Crippen LogP) is 1.59. The van der Waals surface area contributed by atoms with Crippen molar-refractivity contribution in [3.05, 3.63) is 17.8 Å². The number of hydrogen-bond donors (Lipinski definition) is 1. The minimum atomic E-state index is -0.327. The second kappa shape index (κ2) is 5.65. The predicted molar refractivity (Wildman–Crippen MR) is 58.9 cm³/mol. The third kappa shape index (κ3) is 3.06. The fourth-order valence-electron chi connectivity index (χ4n) is 1.44. The van der Waals surface area contributed by atoms with Crippen LogP contribution in [0.3, 0.4) is 0 Å². The van der Waals surface area contributed by atoms with Crippen molar-refractivity contribution in [1.82, 2.24) is 10.3 Å². The summed E-state index contributed by atoms with van der Waals surface area (Å²) in [6.45, 7) is 5.65. The van der Waals surface area contributed by atoms with Crippen LogP contribution in [0.25, 0.3) is 0 Å². The minimum absolute atomic E-state index is 0.113. The summed E-state index contributed by atoms with van der Waals surface area (Å²) >= 11 is 0. The van der Waals surface area contributed by atoms with Crippen LogP contribution in [0.4, 0.5) is 0 Å². The number of aromatic nitrogens is 1. The highest BCUT2D eigenvalue weighted by Crippen LogP contribution is 2.13. The second-order valence-corrected chi connectivity index (χ2v) is 3.68. The Morgan fingerprint density at radius 2 is 2.38 bits per heavy atom. The van der Waals surface area contributed by atoms with E-state index in [4.69, 9.17) is 9.15 Å². The number of aryl methyl sites for hydroxylation is 1. The van der Waals surface area contributed by atoms with Crippen LogP contribution < -0.4 is 5.32 Å². The number of methoxy groups -OCH3 is 1. The summed E-state index contributed by atoms with van der Waals surface area (Å²) in [4.78, 5) is 15.5. The molecule has 0 aliphatic heterocycles. The average Bonchev–Trinajstić information content (AvgIpc) is 2.71. The second-order valence-electron chi connectivity index (χ2n) is 3.68. The average molecular weight is 226 g/mol. The lowest BCUT2D eigenvalue weighted by atomic mass is 10.2. The number of ether oxygens (including phenoxy) is 1. The molecule has 1 aromatic heterocycles. The van der Waals surface area contributed by atoms with E-state index in [0.29, 0.717) is 12.3 Å². The summed E-state index contributed by atoms with van der Waals surface area (Å²) in [5.41, 5.74) is 0. The van der Waals surface area contributed by atoms with E-state index >= 15 is 0 Å². The van der Waals surface area contributed by atoms with E-state index in [0.717, 1.165) is 5.76 Å². The third-order valence-electron chi connectivity index (χ3n) is 2.35. The van der Waals surface area contributed by atoms with Gasteiger partial charge in [-0.15, -0.1) is 0 Å². The van der Waals surface area contributed by atoms with E-state index in [9.17, 15) is 4.79 Å². The molecule has 1 rings (SSSR count). The molecular weight excluding hydrogens is 208 g/mol. The van der Waals surface area contributed by atoms with Crippen LogP contribution in [0, 0.1) is 6.92 Å². The number of nitrogens with one attached hydrogen (secondary N) is 1. The Balaban J connectivity index is 2.62. The topological polar surface area (TPSA) is 64.4 Å². The smallest absolute Gasteiger partial charge is 0.322 e. The molecule has 1 aromatic rings. The van der Waals surface area contributed by atoms with Crippen molar-refractivity contribution in [3.63, 3.8) is 0 Å². The molecule has 16 heavy (non-hydrogen) atoms. The highest BCUT2D eigenvalue weighted by Gasteiger charge is 2.21. The van der Waals surface area contributed by atoms with Crippen LogP contribution >= 0.6 is 0 Å². The lowest BCUT2D eigenvalue weighted by Crippen LogP contribution is -2.38. The highest BCUT2D eigenvalue weighted by atomic mass is 16.5. The molecule has 5 nitrogen and oxygen atoms in total. The zero-order valence-electron chi connectivity index (χ0n) is 10.1. The van der Waals surface area contributed by atoms with Gasteiger partial charge in [0.05, 0.1) is 19.3 Å². The van der Waals surface area contributed by atoms with Crippen molar-refractivity contribution in [1.29, 1.82) is 0 Å². The Morgan fingerprint density at radius 1 is 1.69 bits per heavy atom. The first-order chi connectivity index (χ1) is 7.58. The van der Waals surface area contributed by atoms with Gasteiger partial charge >= 0.3 is 5.97 Å². The molecule has 90 valence electrons. The molecule has 1 N–H and O–H groups in total. The van der Waals surface area contributed by atoms with Crippen LogP contribution in [0.2, 0.25) is 0 Å². The van der Waals surface area contributed by atoms with Gasteiger partial charge in [-0.2, -0.15) is 0 Å². The molecular formula is C11H18N2O3. The minimum Gasteiger partial charge on any atom is -0.468 e. The lowest BCUT2D eigenvalue weighted by molar-refractivity contribution is -0.143. The van der Waals surface area contributed by atoms with Gasteiger partial charge in [-0.3, -0.25) is 10.1 Å². The Bertz CT molecular complexity index is 349. The summed E-state index contributed by atoms with van der Waals surface area (Å²) in [5, 5.41) is 3.12. The molecule has 0 aromatic carbocycles. The van der Waals surface area contributed by atoms with E-state index in [1.807, 2.05) is 20.8 Å². The lowest BCUT2D eigenvalue weighted by Gasteiger charge is -2.17. The molecule has 0 aliphatic carbocycles. The van der Waals surface area contributed by atoms with Gasteiger partial charge in [0.15, 0.2) is 0 Å². The van der Waals surface area contributed by atoms with Crippen molar-refractivity contribution >= 4 is 5.97 Å². The van der Waals surface area contributed by atoms with Gasteiger partial charge in [-0.1, -0.05) is 6.92 Å². The summed E-state index contributed by atoms with van der Waals surface area (Å²) in [6, 6.07) is -0.440. The van der Waals surface area contributed by atoms with Crippen LogP contribution in [0.15, 0.2) is 10.6 Å². The number of oxazole rings is 1. The Hall–Kier alpha value is -1.36. The Morgan fingerprint density at radius 3 is 2.81 bits per heavy atom. The van der Waals surface area contributed by atoms with E-state index in [2.05, 4.69) is 10.3 Å². The van der Waals surface area contributed by atoms with Crippen molar-refractivity contribution in [3.8, 4) is 0 Å². The SMILES string of the molecule is CCC(NC(C)c1ncc(C)o1)C(=O)OC. The summed E-state index contributed by atoms with van der Waals surface area (Å²) < 4.78 is 10.1. The summed E-state index contributed by atoms with van der Waals surface area (Å²) in [6.07, 6.45) is 2.32. The van der Waals surface area contributed by atoms with Gasteiger partial charge in [0.25, 0.3) is 0 Å². The zero-order chi connectivity index (χ0) is 12.1. The molecule has 0 bridgehead atoms. The monoisotopic (exact) mass is 226 g/mol. The van der Waals surface area contributed by atoms with Gasteiger partial charge in [-0.05, 0) is 20.3 Å². The van der Waals surface area contributed by atoms with Crippen molar-refractivity contribution in [2.24, 2.45) is 0 Å². The van der Waals surface area contributed by atoms with E-state index in [1.54, 1.807) is 6.20 Å². The molecule has 0 saturated heterocycles. The largest absolute Gasteiger partial charge is 0.468 e. The van der Waals surface area contributed by atoms with Gasteiger partial charge in [0.2, 0.25) is 5.89 Å². The van der Waals surface area contributed by atoms with Crippen LogP contribution in [-0.2, 0) is 9.53 Å². The number of nitrogens with zero attached hydrogens (tertiary/aromatic N) is 1. The molecule has 1 heterocycles. The van der Waals surface area contributed by atoms with Gasteiger partial charge in [-0.25, -0.2) is 4.98 Å².